The third-order valence-corrected chi connectivity index (χ3v) is 8.54. The lowest BCUT2D eigenvalue weighted by Crippen LogP contribution is -2.40. The van der Waals surface area contributed by atoms with Gasteiger partial charge >= 0.3 is 0 Å². The second kappa shape index (κ2) is 10.8. The van der Waals surface area contributed by atoms with Gasteiger partial charge in [0, 0.05) is 16.1 Å². The van der Waals surface area contributed by atoms with Crippen molar-refractivity contribution in [3.05, 3.63) is 126 Å². The zero-order valence-electron chi connectivity index (χ0n) is 21.5. The van der Waals surface area contributed by atoms with E-state index in [1.165, 1.54) is 22.7 Å². The summed E-state index contributed by atoms with van der Waals surface area (Å²) in [5.41, 5.74) is 2.22. The van der Waals surface area contributed by atoms with Crippen LogP contribution < -0.4 is 24.9 Å². The molecule has 3 aromatic carbocycles. The Labute approximate surface area is 238 Å². The fraction of sp³-hybridized carbons (Fsp3) is 0.0938. The number of rotatable bonds is 6. The lowest BCUT2D eigenvalue weighted by atomic mass is 10.0. The Kier molecular flexibility index (Phi) is 6.91. The molecule has 0 fully saturated rings. The van der Waals surface area contributed by atoms with E-state index in [9.17, 15) is 9.59 Å². The number of hydrogen-bond acceptors (Lipinski definition) is 6. The van der Waals surface area contributed by atoms with Crippen molar-refractivity contribution in [1.82, 2.24) is 4.57 Å². The molecule has 2 aromatic heterocycles. The molecule has 0 saturated heterocycles. The van der Waals surface area contributed by atoms with E-state index in [0.717, 1.165) is 21.2 Å². The van der Waals surface area contributed by atoms with Crippen molar-refractivity contribution in [3.63, 3.8) is 0 Å². The fourth-order valence-electron chi connectivity index (χ4n) is 4.85. The van der Waals surface area contributed by atoms with E-state index in [4.69, 9.17) is 16.2 Å². The summed E-state index contributed by atoms with van der Waals surface area (Å²) >= 11 is 2.79. The molecule has 1 atom stereocenters. The van der Waals surface area contributed by atoms with Crippen LogP contribution in [0, 0.1) is 12.3 Å². The average molecular weight is 562 g/mol. The van der Waals surface area contributed by atoms with Gasteiger partial charge in [-0.25, -0.2) is 4.99 Å². The molecule has 6 rings (SSSR count). The van der Waals surface area contributed by atoms with E-state index < -0.39 is 6.04 Å². The summed E-state index contributed by atoms with van der Waals surface area (Å²) in [5.74, 6) is 2.81. The van der Waals surface area contributed by atoms with Crippen molar-refractivity contribution in [2.24, 2.45) is 4.99 Å². The van der Waals surface area contributed by atoms with Gasteiger partial charge in [0.05, 0.1) is 15.8 Å². The van der Waals surface area contributed by atoms with Gasteiger partial charge in [-0.2, -0.15) is 0 Å². The largest absolute Gasteiger partial charge is 0.480 e. The van der Waals surface area contributed by atoms with E-state index in [0.29, 0.717) is 32.0 Å². The minimum atomic E-state index is -0.605. The number of benzene rings is 3. The maximum atomic E-state index is 14.1. The fourth-order valence-corrected chi connectivity index (χ4v) is 6.70. The quantitative estimate of drug-likeness (QED) is 0.293. The SMILES string of the molecule is C#CCOc1ccc2ccccc2c1C=c1sc2n(c1=O)[C@@H](c1cccs1)C(C(=O)Nc1ccccc1)=C(C)N=2. The number of hydrogen-bond donors (Lipinski definition) is 1. The number of allylic oxidation sites excluding steroid dienone is 1. The van der Waals surface area contributed by atoms with Gasteiger partial charge in [-0.05, 0) is 53.4 Å². The molecule has 6 nitrogen and oxygen atoms in total. The number of nitrogens with zero attached hydrogens (tertiary/aromatic N) is 2. The van der Waals surface area contributed by atoms with E-state index in [1.54, 1.807) is 4.57 Å². The Balaban J connectivity index is 1.53. The first-order valence-electron chi connectivity index (χ1n) is 12.6. The highest BCUT2D eigenvalue weighted by Crippen LogP contribution is 2.33. The Bertz CT molecular complexity index is 2000. The number of carbonyl (C=O) groups is 1. The number of ether oxygens (including phenoxy) is 1. The molecule has 0 saturated carbocycles. The summed E-state index contributed by atoms with van der Waals surface area (Å²) < 4.78 is 7.97. The molecule has 3 heterocycles. The van der Waals surface area contributed by atoms with Crippen LogP contribution in [0.3, 0.4) is 0 Å². The van der Waals surface area contributed by atoms with Crippen molar-refractivity contribution >= 4 is 51.1 Å². The molecule has 0 bridgehead atoms. The third kappa shape index (κ3) is 4.66. The number of anilines is 1. The second-order valence-corrected chi connectivity index (χ2v) is 11.1. The summed E-state index contributed by atoms with van der Waals surface area (Å²) in [4.78, 5) is 33.8. The summed E-state index contributed by atoms with van der Waals surface area (Å²) in [6, 6.07) is 24.3. The van der Waals surface area contributed by atoms with E-state index in [1.807, 2.05) is 97.2 Å². The number of aromatic nitrogens is 1. The topological polar surface area (TPSA) is 72.7 Å². The van der Waals surface area contributed by atoms with Crippen molar-refractivity contribution in [2.75, 3.05) is 11.9 Å². The van der Waals surface area contributed by atoms with Crippen LogP contribution in [0.25, 0.3) is 16.8 Å². The van der Waals surface area contributed by atoms with Gasteiger partial charge in [0.1, 0.15) is 18.4 Å². The molecule has 5 aromatic rings. The standard InChI is InChI=1S/C32H23N3O3S2/c1-3-17-38-25-16-15-21-10-7-8-13-23(21)24(25)19-27-31(37)35-29(26-14-9-18-39-26)28(20(2)33-32(35)40-27)30(36)34-22-11-5-4-6-12-22/h1,4-16,18-19,29H,17H2,2H3,(H,34,36)/t29-/m0/s1. The van der Waals surface area contributed by atoms with E-state index >= 15 is 0 Å². The molecule has 8 heteroatoms. The van der Waals surface area contributed by atoms with Crippen LogP contribution in [0.15, 0.2) is 105 Å². The van der Waals surface area contributed by atoms with Gasteiger partial charge in [-0.15, -0.1) is 17.8 Å². The van der Waals surface area contributed by atoms with Crippen LogP contribution in [0.4, 0.5) is 5.69 Å². The minimum Gasteiger partial charge on any atom is -0.480 e. The second-order valence-electron chi connectivity index (χ2n) is 9.11. The number of terminal acetylenes is 1. The van der Waals surface area contributed by atoms with E-state index in [-0.39, 0.29) is 18.1 Å². The molecular weight excluding hydrogens is 539 g/mol. The van der Waals surface area contributed by atoms with Gasteiger partial charge < -0.3 is 10.1 Å². The number of para-hydroxylation sites is 1. The van der Waals surface area contributed by atoms with Crippen LogP contribution in [0.5, 0.6) is 5.75 Å². The van der Waals surface area contributed by atoms with Crippen LogP contribution in [-0.4, -0.2) is 17.1 Å². The Morgan fingerprint density at radius 2 is 1.90 bits per heavy atom. The van der Waals surface area contributed by atoms with Gasteiger partial charge in [0.15, 0.2) is 4.80 Å². The molecule has 0 radical (unpaired) electrons. The summed E-state index contributed by atoms with van der Waals surface area (Å²) in [7, 11) is 0. The lowest BCUT2D eigenvalue weighted by Gasteiger charge is -2.24. The average Bonchev–Trinajstić information content (AvgIpc) is 3.61. The molecular formula is C32H23N3O3S2. The smallest absolute Gasteiger partial charge is 0.271 e. The maximum absolute atomic E-state index is 14.1. The Hall–Kier alpha value is -4.71. The normalized spacial score (nSPS) is 14.9. The van der Waals surface area contributed by atoms with E-state index in [2.05, 4.69) is 11.2 Å². The Morgan fingerprint density at radius 1 is 1.10 bits per heavy atom. The van der Waals surface area contributed by atoms with Crippen molar-refractivity contribution in [3.8, 4) is 18.1 Å². The zero-order valence-corrected chi connectivity index (χ0v) is 23.1. The number of carbonyl (C=O) groups excluding carboxylic acids is 1. The molecule has 196 valence electrons. The first-order chi connectivity index (χ1) is 19.5. The third-order valence-electron chi connectivity index (χ3n) is 6.63. The van der Waals surface area contributed by atoms with Crippen LogP contribution in [0.2, 0.25) is 0 Å². The highest BCUT2D eigenvalue weighted by molar-refractivity contribution is 7.10. The van der Waals surface area contributed by atoms with Crippen molar-refractivity contribution < 1.29 is 9.53 Å². The molecule has 40 heavy (non-hydrogen) atoms. The number of fused-ring (bicyclic) bond motifs is 2. The lowest BCUT2D eigenvalue weighted by molar-refractivity contribution is -0.113. The first-order valence-corrected chi connectivity index (χ1v) is 14.2. The molecule has 1 aliphatic heterocycles. The number of nitrogens with one attached hydrogen (secondary N) is 1. The molecule has 1 amide bonds. The minimum absolute atomic E-state index is 0.109. The number of thiazole rings is 1. The molecule has 1 N–H and O–H groups in total. The molecule has 0 aliphatic carbocycles. The van der Waals surface area contributed by atoms with Crippen LogP contribution in [0.1, 0.15) is 23.4 Å². The highest BCUT2D eigenvalue weighted by atomic mass is 32.1. The monoisotopic (exact) mass is 561 g/mol. The molecule has 0 spiro atoms. The molecule has 1 aliphatic rings. The number of thiophene rings is 1. The van der Waals surface area contributed by atoms with Crippen LogP contribution in [-0.2, 0) is 4.79 Å². The van der Waals surface area contributed by atoms with Crippen LogP contribution >= 0.6 is 22.7 Å². The van der Waals surface area contributed by atoms with Crippen molar-refractivity contribution in [1.29, 1.82) is 0 Å². The maximum Gasteiger partial charge on any atom is 0.271 e. The summed E-state index contributed by atoms with van der Waals surface area (Å²) in [6.45, 7) is 1.92. The van der Waals surface area contributed by atoms with Crippen molar-refractivity contribution in [2.45, 2.75) is 13.0 Å². The number of amides is 1. The predicted octanol–water partition coefficient (Wildman–Crippen LogP) is 5.10. The predicted molar refractivity (Wildman–Crippen MR) is 161 cm³/mol. The summed E-state index contributed by atoms with van der Waals surface area (Å²) in [5, 5.41) is 6.87. The zero-order chi connectivity index (χ0) is 27.6. The van der Waals surface area contributed by atoms with Gasteiger partial charge in [0.25, 0.3) is 11.5 Å². The van der Waals surface area contributed by atoms with Gasteiger partial charge in [-0.1, -0.05) is 71.9 Å². The Morgan fingerprint density at radius 3 is 2.67 bits per heavy atom. The molecule has 0 unspecified atom stereocenters. The first kappa shape index (κ1) is 25.6. The van der Waals surface area contributed by atoms with Gasteiger partial charge in [-0.3, -0.25) is 14.2 Å². The summed E-state index contributed by atoms with van der Waals surface area (Å²) in [6.07, 6.45) is 7.30. The highest BCUT2D eigenvalue weighted by Gasteiger charge is 2.33. The van der Waals surface area contributed by atoms with Gasteiger partial charge in [0.2, 0.25) is 0 Å².